The Morgan fingerprint density at radius 1 is 1.00 bits per heavy atom. The molecule has 2 aromatic carbocycles. The lowest BCUT2D eigenvalue weighted by atomic mass is 10.0. The summed E-state index contributed by atoms with van der Waals surface area (Å²) in [7, 11) is 1.59. The van der Waals surface area contributed by atoms with Gasteiger partial charge >= 0.3 is 0 Å². The highest BCUT2D eigenvalue weighted by atomic mass is 16.2. The number of hydrogen-bond acceptors (Lipinski definition) is 3. The lowest BCUT2D eigenvalue weighted by Gasteiger charge is -2.18. The van der Waals surface area contributed by atoms with E-state index in [4.69, 9.17) is 0 Å². The van der Waals surface area contributed by atoms with E-state index in [0.29, 0.717) is 12.1 Å². The van der Waals surface area contributed by atoms with Gasteiger partial charge in [-0.3, -0.25) is 9.59 Å². The molecule has 0 saturated carbocycles. The summed E-state index contributed by atoms with van der Waals surface area (Å²) in [5, 5.41) is 8.69. The van der Waals surface area contributed by atoms with Crippen LogP contribution in [0.25, 0.3) is 0 Å². The molecule has 5 nitrogen and oxygen atoms in total. The molecule has 0 aliphatic rings. The first kappa shape index (κ1) is 18.5. The summed E-state index contributed by atoms with van der Waals surface area (Å²) in [4.78, 5) is 24.0. The molecule has 2 amide bonds. The quantitative estimate of drug-likeness (QED) is 0.726. The van der Waals surface area contributed by atoms with E-state index >= 15 is 0 Å². The predicted molar refractivity (Wildman–Crippen MR) is 101 cm³/mol. The SMILES string of the molecule is CNC(=O)c1cccc(N[C@H](C)C(=O)NC[C@H](C)c2ccccc2)c1. The molecule has 5 heteroatoms. The van der Waals surface area contributed by atoms with Crippen LogP contribution in [-0.4, -0.2) is 31.4 Å². The van der Waals surface area contributed by atoms with Gasteiger partial charge in [-0.05, 0) is 36.6 Å². The van der Waals surface area contributed by atoms with Crippen molar-refractivity contribution in [2.24, 2.45) is 0 Å². The van der Waals surface area contributed by atoms with Gasteiger partial charge < -0.3 is 16.0 Å². The van der Waals surface area contributed by atoms with E-state index < -0.39 is 6.04 Å². The van der Waals surface area contributed by atoms with E-state index in [9.17, 15) is 9.59 Å². The second-order valence-electron chi connectivity index (χ2n) is 6.08. The van der Waals surface area contributed by atoms with Crippen LogP contribution in [0.2, 0.25) is 0 Å². The van der Waals surface area contributed by atoms with Crippen LogP contribution < -0.4 is 16.0 Å². The maximum absolute atomic E-state index is 12.3. The zero-order chi connectivity index (χ0) is 18.2. The van der Waals surface area contributed by atoms with E-state index in [2.05, 4.69) is 35.0 Å². The molecule has 0 saturated heterocycles. The Morgan fingerprint density at radius 3 is 2.40 bits per heavy atom. The maximum atomic E-state index is 12.3. The number of benzene rings is 2. The molecule has 25 heavy (non-hydrogen) atoms. The first-order valence-electron chi connectivity index (χ1n) is 8.42. The summed E-state index contributed by atoms with van der Waals surface area (Å²) in [5.41, 5.74) is 2.49. The van der Waals surface area contributed by atoms with Crippen LogP contribution in [0.1, 0.15) is 35.7 Å². The predicted octanol–water partition coefficient (Wildman–Crippen LogP) is 2.77. The third-order valence-electron chi connectivity index (χ3n) is 4.08. The van der Waals surface area contributed by atoms with E-state index in [-0.39, 0.29) is 17.7 Å². The van der Waals surface area contributed by atoms with Crippen LogP contribution in [0.5, 0.6) is 0 Å². The van der Waals surface area contributed by atoms with Crippen LogP contribution in [0.4, 0.5) is 5.69 Å². The van der Waals surface area contributed by atoms with E-state index in [1.807, 2.05) is 24.3 Å². The summed E-state index contributed by atoms with van der Waals surface area (Å²) in [6.45, 7) is 4.46. The van der Waals surface area contributed by atoms with Crippen molar-refractivity contribution in [2.45, 2.75) is 25.8 Å². The monoisotopic (exact) mass is 339 g/mol. The molecule has 132 valence electrons. The van der Waals surface area contributed by atoms with Crippen LogP contribution in [-0.2, 0) is 4.79 Å². The third kappa shape index (κ3) is 5.35. The molecular weight excluding hydrogens is 314 g/mol. The largest absolute Gasteiger partial charge is 0.374 e. The Kier molecular flexibility index (Phi) is 6.57. The lowest BCUT2D eigenvalue weighted by Crippen LogP contribution is -2.39. The Hall–Kier alpha value is -2.82. The van der Waals surface area contributed by atoms with Crippen molar-refractivity contribution in [1.82, 2.24) is 10.6 Å². The number of nitrogens with one attached hydrogen (secondary N) is 3. The fourth-order valence-corrected chi connectivity index (χ4v) is 2.52. The molecule has 0 unspecified atom stereocenters. The number of anilines is 1. The molecule has 2 rings (SSSR count). The molecule has 0 aromatic heterocycles. The highest BCUT2D eigenvalue weighted by Gasteiger charge is 2.14. The van der Waals surface area contributed by atoms with Gasteiger partial charge in [0.2, 0.25) is 5.91 Å². The molecule has 0 heterocycles. The van der Waals surface area contributed by atoms with E-state index in [0.717, 1.165) is 5.69 Å². The molecule has 2 aromatic rings. The number of carbonyl (C=O) groups excluding carboxylic acids is 2. The second-order valence-corrected chi connectivity index (χ2v) is 6.08. The fraction of sp³-hybridized carbons (Fsp3) is 0.300. The minimum absolute atomic E-state index is 0.0758. The maximum Gasteiger partial charge on any atom is 0.251 e. The van der Waals surface area contributed by atoms with Crippen molar-refractivity contribution in [3.8, 4) is 0 Å². The number of amides is 2. The van der Waals surface area contributed by atoms with Crippen molar-refractivity contribution in [3.05, 3.63) is 65.7 Å². The van der Waals surface area contributed by atoms with Gasteiger partial charge in [0.15, 0.2) is 0 Å². The highest BCUT2D eigenvalue weighted by Crippen LogP contribution is 2.14. The topological polar surface area (TPSA) is 70.2 Å². The zero-order valence-electron chi connectivity index (χ0n) is 14.9. The molecular formula is C20H25N3O2. The standard InChI is InChI=1S/C20H25N3O2/c1-14(16-8-5-4-6-9-16)13-22-19(24)15(2)23-18-11-7-10-17(12-18)20(25)21-3/h4-12,14-15,23H,13H2,1-3H3,(H,21,25)(H,22,24)/t14-,15+/m0/s1. The second kappa shape index (κ2) is 8.87. The normalized spacial score (nSPS) is 12.8. The van der Waals surface area contributed by atoms with Crippen molar-refractivity contribution in [1.29, 1.82) is 0 Å². The van der Waals surface area contributed by atoms with E-state index in [1.54, 1.807) is 32.2 Å². The molecule has 0 aliphatic carbocycles. The van der Waals surface area contributed by atoms with Crippen LogP contribution in [0, 0.1) is 0 Å². The fourth-order valence-electron chi connectivity index (χ4n) is 2.52. The summed E-state index contributed by atoms with van der Waals surface area (Å²) in [6.07, 6.45) is 0. The van der Waals surface area contributed by atoms with Crippen molar-refractivity contribution in [3.63, 3.8) is 0 Å². The first-order valence-corrected chi connectivity index (χ1v) is 8.42. The average Bonchev–Trinajstić information content (AvgIpc) is 2.65. The van der Waals surface area contributed by atoms with Gasteiger partial charge in [0.25, 0.3) is 5.91 Å². The summed E-state index contributed by atoms with van der Waals surface area (Å²) >= 11 is 0. The van der Waals surface area contributed by atoms with Crippen LogP contribution in [0.15, 0.2) is 54.6 Å². The molecule has 0 fully saturated rings. The molecule has 3 N–H and O–H groups in total. The van der Waals surface area contributed by atoms with Gasteiger partial charge in [-0.1, -0.05) is 43.3 Å². The Bertz CT molecular complexity index is 716. The summed E-state index contributed by atoms with van der Waals surface area (Å²) in [6, 6.07) is 16.8. The molecule has 0 spiro atoms. The summed E-state index contributed by atoms with van der Waals surface area (Å²) < 4.78 is 0. The van der Waals surface area contributed by atoms with Crippen molar-refractivity contribution >= 4 is 17.5 Å². The number of hydrogen-bond donors (Lipinski definition) is 3. The highest BCUT2D eigenvalue weighted by molar-refractivity contribution is 5.95. The van der Waals surface area contributed by atoms with Gasteiger partial charge in [0, 0.05) is 24.8 Å². The van der Waals surface area contributed by atoms with Gasteiger partial charge in [0.1, 0.15) is 6.04 Å². The third-order valence-corrected chi connectivity index (χ3v) is 4.08. The van der Waals surface area contributed by atoms with Crippen molar-refractivity contribution in [2.75, 3.05) is 18.9 Å². The smallest absolute Gasteiger partial charge is 0.251 e. The number of rotatable bonds is 7. The molecule has 0 aliphatic heterocycles. The zero-order valence-corrected chi connectivity index (χ0v) is 14.9. The first-order chi connectivity index (χ1) is 12.0. The molecule has 2 atom stereocenters. The lowest BCUT2D eigenvalue weighted by molar-refractivity contribution is -0.121. The molecule has 0 radical (unpaired) electrons. The van der Waals surface area contributed by atoms with Gasteiger partial charge in [0.05, 0.1) is 0 Å². The Balaban J connectivity index is 1.89. The van der Waals surface area contributed by atoms with E-state index in [1.165, 1.54) is 5.56 Å². The number of carbonyl (C=O) groups is 2. The molecule has 0 bridgehead atoms. The van der Waals surface area contributed by atoms with Gasteiger partial charge in [-0.2, -0.15) is 0 Å². The minimum atomic E-state index is -0.400. The van der Waals surface area contributed by atoms with Crippen LogP contribution >= 0.6 is 0 Å². The average molecular weight is 339 g/mol. The Labute approximate surface area is 148 Å². The van der Waals surface area contributed by atoms with Crippen molar-refractivity contribution < 1.29 is 9.59 Å². The minimum Gasteiger partial charge on any atom is -0.374 e. The Morgan fingerprint density at radius 2 is 1.72 bits per heavy atom. The van der Waals surface area contributed by atoms with Gasteiger partial charge in [-0.25, -0.2) is 0 Å². The van der Waals surface area contributed by atoms with Crippen LogP contribution in [0.3, 0.4) is 0 Å². The summed E-state index contributed by atoms with van der Waals surface area (Å²) in [5.74, 6) is 0.0134. The van der Waals surface area contributed by atoms with Gasteiger partial charge in [-0.15, -0.1) is 0 Å².